The Bertz CT molecular complexity index is 502. The fourth-order valence-corrected chi connectivity index (χ4v) is 2.50. The van der Waals surface area contributed by atoms with Crippen LogP contribution in [-0.4, -0.2) is 43.0 Å². The summed E-state index contributed by atoms with van der Waals surface area (Å²) in [5.74, 6) is 0.683. The topological polar surface area (TPSA) is 65.9 Å². The van der Waals surface area contributed by atoms with Gasteiger partial charge in [-0.25, -0.2) is 4.99 Å². The van der Waals surface area contributed by atoms with E-state index < -0.39 is 5.60 Å². The molecule has 2 rings (SSSR count). The van der Waals surface area contributed by atoms with E-state index in [-0.39, 0.29) is 0 Å². The lowest BCUT2D eigenvalue weighted by atomic mass is 9.94. The third kappa shape index (κ3) is 5.16. The van der Waals surface area contributed by atoms with Crippen LogP contribution in [0.25, 0.3) is 0 Å². The first-order valence-electron chi connectivity index (χ1n) is 7.69. The van der Waals surface area contributed by atoms with E-state index in [2.05, 4.69) is 15.6 Å². The first-order chi connectivity index (χ1) is 10.6. The molecule has 122 valence electrons. The van der Waals surface area contributed by atoms with Gasteiger partial charge in [-0.2, -0.15) is 0 Å². The van der Waals surface area contributed by atoms with Crippen LogP contribution in [0.3, 0.4) is 0 Å². The molecular formula is C16H24ClN3O2. The Morgan fingerprint density at radius 3 is 2.73 bits per heavy atom. The Labute approximate surface area is 136 Å². The van der Waals surface area contributed by atoms with Crippen molar-refractivity contribution in [3.8, 4) is 0 Å². The number of hydrogen-bond donors (Lipinski definition) is 3. The maximum atomic E-state index is 10.5. The fraction of sp³-hybridized carbons (Fsp3) is 0.562. The van der Waals surface area contributed by atoms with E-state index in [1.807, 2.05) is 31.2 Å². The Morgan fingerprint density at radius 2 is 2.05 bits per heavy atom. The molecule has 0 unspecified atom stereocenters. The summed E-state index contributed by atoms with van der Waals surface area (Å²) in [5, 5.41) is 17.6. The van der Waals surface area contributed by atoms with Crippen molar-refractivity contribution in [1.29, 1.82) is 0 Å². The zero-order valence-corrected chi connectivity index (χ0v) is 13.7. The van der Waals surface area contributed by atoms with Crippen molar-refractivity contribution >= 4 is 17.6 Å². The van der Waals surface area contributed by atoms with Crippen molar-refractivity contribution in [2.45, 2.75) is 31.9 Å². The largest absolute Gasteiger partial charge is 0.388 e. The average Bonchev–Trinajstić information content (AvgIpc) is 2.52. The number of guanidine groups is 1. The molecule has 0 bridgehead atoms. The van der Waals surface area contributed by atoms with Crippen molar-refractivity contribution in [2.24, 2.45) is 4.99 Å². The number of halogens is 1. The Hall–Kier alpha value is -1.30. The predicted molar refractivity (Wildman–Crippen MR) is 89.3 cm³/mol. The minimum Gasteiger partial charge on any atom is -0.388 e. The summed E-state index contributed by atoms with van der Waals surface area (Å²) >= 11 is 6.14. The maximum absolute atomic E-state index is 10.5. The standard InChI is InChI=1S/C16H24ClN3O2/c1-2-18-15(19-11-13-5-3-4-6-14(13)17)20-12-16(21)7-9-22-10-8-16/h3-6,21H,2,7-12H2,1H3,(H2,18,19,20). The first-order valence-corrected chi connectivity index (χ1v) is 8.06. The van der Waals surface area contributed by atoms with Crippen molar-refractivity contribution < 1.29 is 9.84 Å². The molecule has 0 aromatic heterocycles. The summed E-state index contributed by atoms with van der Waals surface area (Å²) in [6.45, 7) is 4.93. The third-order valence-corrected chi connectivity index (χ3v) is 4.09. The van der Waals surface area contributed by atoms with Gasteiger partial charge in [0.2, 0.25) is 0 Å². The van der Waals surface area contributed by atoms with Crippen molar-refractivity contribution in [1.82, 2.24) is 10.6 Å². The number of nitrogens with zero attached hydrogens (tertiary/aromatic N) is 1. The van der Waals surface area contributed by atoms with Crippen LogP contribution in [0, 0.1) is 0 Å². The molecule has 0 saturated carbocycles. The highest BCUT2D eigenvalue weighted by atomic mass is 35.5. The second kappa shape index (κ2) is 8.36. The molecule has 0 atom stereocenters. The number of ether oxygens (including phenoxy) is 1. The molecule has 1 aromatic carbocycles. The molecular weight excluding hydrogens is 302 g/mol. The van der Waals surface area contributed by atoms with Gasteiger partial charge >= 0.3 is 0 Å². The number of nitrogens with one attached hydrogen (secondary N) is 2. The van der Waals surface area contributed by atoms with E-state index in [0.717, 1.165) is 12.1 Å². The number of rotatable bonds is 5. The van der Waals surface area contributed by atoms with Gasteiger partial charge < -0.3 is 20.5 Å². The van der Waals surface area contributed by atoms with E-state index in [1.165, 1.54) is 0 Å². The monoisotopic (exact) mass is 325 g/mol. The number of hydrogen-bond acceptors (Lipinski definition) is 3. The minimum absolute atomic E-state index is 0.463. The summed E-state index contributed by atoms with van der Waals surface area (Å²) in [6.07, 6.45) is 1.29. The number of aliphatic imine (C=N–C) groups is 1. The number of aliphatic hydroxyl groups is 1. The third-order valence-electron chi connectivity index (χ3n) is 3.72. The normalized spacial score (nSPS) is 18.0. The van der Waals surface area contributed by atoms with E-state index in [0.29, 0.717) is 50.1 Å². The lowest BCUT2D eigenvalue weighted by Gasteiger charge is -2.32. The van der Waals surface area contributed by atoms with Crippen LogP contribution in [0.5, 0.6) is 0 Å². The summed E-state index contributed by atoms with van der Waals surface area (Å²) in [5.41, 5.74) is 0.255. The minimum atomic E-state index is -0.723. The first kappa shape index (κ1) is 17.1. The highest BCUT2D eigenvalue weighted by molar-refractivity contribution is 6.31. The number of benzene rings is 1. The van der Waals surface area contributed by atoms with Gasteiger partial charge in [-0.1, -0.05) is 29.8 Å². The Balaban J connectivity index is 1.94. The predicted octanol–water partition coefficient (Wildman–Crippen LogP) is 1.94. The molecule has 1 fully saturated rings. The molecule has 1 saturated heterocycles. The van der Waals surface area contributed by atoms with Gasteiger partial charge in [0.15, 0.2) is 5.96 Å². The van der Waals surface area contributed by atoms with Crippen molar-refractivity contribution in [2.75, 3.05) is 26.3 Å². The van der Waals surface area contributed by atoms with Gasteiger partial charge in [-0.05, 0) is 18.6 Å². The zero-order valence-electron chi connectivity index (χ0n) is 12.9. The fourth-order valence-electron chi connectivity index (χ4n) is 2.31. The second-order valence-corrected chi connectivity index (χ2v) is 5.88. The highest BCUT2D eigenvalue weighted by Gasteiger charge is 2.29. The Morgan fingerprint density at radius 1 is 1.32 bits per heavy atom. The molecule has 6 heteroatoms. The smallest absolute Gasteiger partial charge is 0.191 e. The molecule has 1 heterocycles. The molecule has 3 N–H and O–H groups in total. The average molecular weight is 326 g/mol. The molecule has 0 amide bonds. The van der Waals surface area contributed by atoms with E-state index >= 15 is 0 Å². The van der Waals surface area contributed by atoms with Crippen LogP contribution in [0.15, 0.2) is 29.3 Å². The van der Waals surface area contributed by atoms with Crippen LogP contribution in [-0.2, 0) is 11.3 Å². The maximum Gasteiger partial charge on any atom is 0.191 e. The molecule has 22 heavy (non-hydrogen) atoms. The lowest BCUT2D eigenvalue weighted by molar-refractivity contribution is -0.0594. The Kier molecular flexibility index (Phi) is 6.49. The summed E-state index contributed by atoms with van der Waals surface area (Å²) < 4.78 is 5.29. The SMILES string of the molecule is CCNC(=NCc1ccccc1Cl)NCC1(O)CCOCC1. The van der Waals surface area contributed by atoms with Gasteiger partial charge in [0.1, 0.15) is 0 Å². The van der Waals surface area contributed by atoms with Crippen molar-refractivity contribution in [3.63, 3.8) is 0 Å². The van der Waals surface area contributed by atoms with Crippen LogP contribution in [0.1, 0.15) is 25.3 Å². The van der Waals surface area contributed by atoms with Gasteiger partial charge in [-0.3, -0.25) is 0 Å². The summed E-state index contributed by atoms with van der Waals surface area (Å²) in [7, 11) is 0. The van der Waals surface area contributed by atoms with Crippen LogP contribution in [0.4, 0.5) is 0 Å². The van der Waals surface area contributed by atoms with Gasteiger partial charge in [0, 0.05) is 44.2 Å². The zero-order chi connectivity index (χ0) is 15.8. The molecule has 5 nitrogen and oxygen atoms in total. The quantitative estimate of drug-likeness (QED) is 0.572. The van der Waals surface area contributed by atoms with Crippen LogP contribution >= 0.6 is 11.6 Å². The molecule has 1 aliphatic heterocycles. The molecule has 0 aliphatic carbocycles. The summed E-state index contributed by atoms with van der Waals surface area (Å²) in [4.78, 5) is 4.53. The summed E-state index contributed by atoms with van der Waals surface area (Å²) in [6, 6.07) is 7.67. The van der Waals surface area contributed by atoms with Crippen LogP contribution < -0.4 is 10.6 Å². The molecule has 1 aliphatic rings. The van der Waals surface area contributed by atoms with E-state index in [4.69, 9.17) is 16.3 Å². The van der Waals surface area contributed by atoms with Crippen molar-refractivity contribution in [3.05, 3.63) is 34.9 Å². The van der Waals surface area contributed by atoms with E-state index in [9.17, 15) is 5.11 Å². The van der Waals surface area contributed by atoms with Gasteiger partial charge in [0.25, 0.3) is 0 Å². The van der Waals surface area contributed by atoms with Gasteiger partial charge in [-0.15, -0.1) is 0 Å². The second-order valence-electron chi connectivity index (χ2n) is 5.48. The van der Waals surface area contributed by atoms with E-state index in [1.54, 1.807) is 0 Å². The van der Waals surface area contributed by atoms with Gasteiger partial charge in [0.05, 0.1) is 12.1 Å². The molecule has 0 radical (unpaired) electrons. The lowest BCUT2D eigenvalue weighted by Crippen LogP contribution is -2.49. The highest BCUT2D eigenvalue weighted by Crippen LogP contribution is 2.19. The molecule has 1 aromatic rings. The van der Waals surface area contributed by atoms with Crippen LogP contribution in [0.2, 0.25) is 5.02 Å². The molecule has 0 spiro atoms.